The first-order valence-corrected chi connectivity index (χ1v) is 8.47. The number of carbonyl (C=O) groups is 1. The molecule has 2 N–H and O–H groups in total. The molecule has 2 aromatic carbocycles. The third-order valence-electron chi connectivity index (χ3n) is 4.31. The van der Waals surface area contributed by atoms with Crippen LogP contribution in [0.2, 0.25) is 0 Å². The lowest BCUT2D eigenvalue weighted by atomic mass is 10.1. The van der Waals surface area contributed by atoms with E-state index in [2.05, 4.69) is 33.6 Å². The SMILES string of the molecule is Cc1ccc(Nc2ncc(C(=O)Nc3ccc(C)c(C)c3)cn2)c(C)c1. The van der Waals surface area contributed by atoms with Crippen molar-refractivity contribution in [3.63, 3.8) is 0 Å². The van der Waals surface area contributed by atoms with Crippen molar-refractivity contribution in [2.24, 2.45) is 0 Å². The number of rotatable bonds is 4. The standard InChI is InChI=1S/C21H22N4O/c1-13-5-8-19(16(4)9-13)25-21-22-11-17(12-23-21)20(26)24-18-7-6-14(2)15(3)10-18/h5-12H,1-4H3,(H,24,26)(H,22,23,25). The van der Waals surface area contributed by atoms with Gasteiger partial charge in [-0.05, 0) is 62.6 Å². The van der Waals surface area contributed by atoms with Crippen LogP contribution in [0.4, 0.5) is 17.3 Å². The van der Waals surface area contributed by atoms with Crippen LogP contribution in [0.25, 0.3) is 0 Å². The highest BCUT2D eigenvalue weighted by Gasteiger charge is 2.09. The molecule has 0 aliphatic carbocycles. The van der Waals surface area contributed by atoms with Gasteiger partial charge in [-0.15, -0.1) is 0 Å². The van der Waals surface area contributed by atoms with Gasteiger partial charge in [0, 0.05) is 23.8 Å². The Labute approximate surface area is 153 Å². The first kappa shape index (κ1) is 17.6. The Hall–Kier alpha value is -3.21. The molecule has 0 saturated heterocycles. The van der Waals surface area contributed by atoms with Crippen LogP contribution in [0.15, 0.2) is 48.8 Å². The van der Waals surface area contributed by atoms with E-state index in [1.165, 1.54) is 23.5 Å². The van der Waals surface area contributed by atoms with Gasteiger partial charge in [-0.2, -0.15) is 0 Å². The molecule has 0 radical (unpaired) electrons. The van der Waals surface area contributed by atoms with E-state index in [9.17, 15) is 4.79 Å². The van der Waals surface area contributed by atoms with Crippen LogP contribution < -0.4 is 10.6 Å². The summed E-state index contributed by atoms with van der Waals surface area (Å²) in [7, 11) is 0. The molecule has 0 saturated carbocycles. The number of carbonyl (C=O) groups excluding carboxylic acids is 1. The van der Waals surface area contributed by atoms with Gasteiger partial charge in [0.15, 0.2) is 0 Å². The van der Waals surface area contributed by atoms with E-state index < -0.39 is 0 Å². The predicted molar refractivity (Wildman–Crippen MR) is 105 cm³/mol. The van der Waals surface area contributed by atoms with Crippen LogP contribution in [0, 0.1) is 27.7 Å². The zero-order valence-electron chi connectivity index (χ0n) is 15.4. The number of nitrogens with zero attached hydrogens (tertiary/aromatic N) is 2. The summed E-state index contributed by atoms with van der Waals surface area (Å²) in [6.07, 6.45) is 3.05. The first-order chi connectivity index (χ1) is 12.4. The van der Waals surface area contributed by atoms with E-state index in [1.54, 1.807) is 0 Å². The van der Waals surface area contributed by atoms with E-state index >= 15 is 0 Å². The van der Waals surface area contributed by atoms with Crippen molar-refractivity contribution < 1.29 is 4.79 Å². The quantitative estimate of drug-likeness (QED) is 0.718. The lowest BCUT2D eigenvalue weighted by Gasteiger charge is -2.10. The number of benzene rings is 2. The summed E-state index contributed by atoms with van der Waals surface area (Å²) in [6, 6.07) is 11.9. The fourth-order valence-corrected chi connectivity index (χ4v) is 2.61. The van der Waals surface area contributed by atoms with E-state index in [-0.39, 0.29) is 5.91 Å². The Morgan fingerprint density at radius 1 is 0.846 bits per heavy atom. The number of nitrogens with one attached hydrogen (secondary N) is 2. The molecule has 1 amide bonds. The van der Waals surface area contributed by atoms with E-state index in [0.29, 0.717) is 11.5 Å². The van der Waals surface area contributed by atoms with Crippen LogP contribution in [0.1, 0.15) is 32.6 Å². The maximum atomic E-state index is 12.4. The monoisotopic (exact) mass is 346 g/mol. The van der Waals surface area contributed by atoms with Gasteiger partial charge in [0.1, 0.15) is 0 Å². The molecule has 0 unspecified atom stereocenters. The van der Waals surface area contributed by atoms with Crippen molar-refractivity contribution in [2.75, 3.05) is 10.6 Å². The molecule has 3 aromatic rings. The van der Waals surface area contributed by atoms with Crippen LogP contribution in [-0.4, -0.2) is 15.9 Å². The fourth-order valence-electron chi connectivity index (χ4n) is 2.61. The minimum absolute atomic E-state index is 0.230. The summed E-state index contributed by atoms with van der Waals surface area (Å²) < 4.78 is 0. The van der Waals surface area contributed by atoms with Crippen molar-refractivity contribution in [3.8, 4) is 0 Å². The van der Waals surface area contributed by atoms with E-state index in [1.807, 2.05) is 51.1 Å². The highest BCUT2D eigenvalue weighted by Crippen LogP contribution is 2.19. The second kappa shape index (κ2) is 7.35. The number of hydrogen-bond acceptors (Lipinski definition) is 4. The predicted octanol–water partition coefficient (Wildman–Crippen LogP) is 4.71. The van der Waals surface area contributed by atoms with Gasteiger partial charge in [0.2, 0.25) is 5.95 Å². The molecule has 1 heterocycles. The molecule has 5 nitrogen and oxygen atoms in total. The zero-order chi connectivity index (χ0) is 18.7. The molecular formula is C21H22N4O. The minimum Gasteiger partial charge on any atom is -0.324 e. The van der Waals surface area contributed by atoms with Crippen LogP contribution >= 0.6 is 0 Å². The third-order valence-corrected chi connectivity index (χ3v) is 4.31. The molecule has 0 bridgehead atoms. The van der Waals surface area contributed by atoms with Crippen molar-refractivity contribution in [3.05, 3.63) is 76.6 Å². The number of hydrogen-bond donors (Lipinski definition) is 2. The van der Waals surface area contributed by atoms with Crippen molar-refractivity contribution >= 4 is 23.2 Å². The number of aromatic nitrogens is 2. The van der Waals surface area contributed by atoms with Gasteiger partial charge in [-0.25, -0.2) is 9.97 Å². The highest BCUT2D eigenvalue weighted by atomic mass is 16.1. The average Bonchev–Trinajstić information content (AvgIpc) is 2.61. The zero-order valence-corrected chi connectivity index (χ0v) is 15.4. The first-order valence-electron chi connectivity index (χ1n) is 8.47. The maximum Gasteiger partial charge on any atom is 0.258 e. The smallest absolute Gasteiger partial charge is 0.258 e. The van der Waals surface area contributed by atoms with Gasteiger partial charge < -0.3 is 10.6 Å². The van der Waals surface area contributed by atoms with Gasteiger partial charge in [-0.3, -0.25) is 4.79 Å². The van der Waals surface area contributed by atoms with E-state index in [0.717, 1.165) is 22.5 Å². The van der Waals surface area contributed by atoms with Gasteiger partial charge in [0.05, 0.1) is 5.56 Å². The Morgan fingerprint density at radius 2 is 1.58 bits per heavy atom. The second-order valence-electron chi connectivity index (χ2n) is 6.49. The molecule has 5 heteroatoms. The fraction of sp³-hybridized carbons (Fsp3) is 0.190. The Bertz CT molecular complexity index is 949. The molecule has 132 valence electrons. The summed E-state index contributed by atoms with van der Waals surface area (Å²) in [5, 5.41) is 6.05. The molecule has 0 aliphatic rings. The third kappa shape index (κ3) is 4.06. The highest BCUT2D eigenvalue weighted by molar-refractivity contribution is 6.03. The molecule has 26 heavy (non-hydrogen) atoms. The van der Waals surface area contributed by atoms with Crippen molar-refractivity contribution in [1.82, 2.24) is 9.97 Å². The van der Waals surface area contributed by atoms with Crippen LogP contribution in [0.5, 0.6) is 0 Å². The van der Waals surface area contributed by atoms with Gasteiger partial charge in [-0.1, -0.05) is 23.8 Å². The summed E-state index contributed by atoms with van der Waals surface area (Å²) in [4.78, 5) is 20.9. The molecule has 3 rings (SSSR count). The number of anilines is 3. The summed E-state index contributed by atoms with van der Waals surface area (Å²) in [6.45, 7) is 8.13. The van der Waals surface area contributed by atoms with Crippen LogP contribution in [-0.2, 0) is 0 Å². The van der Waals surface area contributed by atoms with Gasteiger partial charge in [0.25, 0.3) is 5.91 Å². The lowest BCUT2D eigenvalue weighted by Crippen LogP contribution is -2.13. The Morgan fingerprint density at radius 3 is 2.23 bits per heavy atom. The minimum atomic E-state index is -0.230. The Balaban J connectivity index is 1.70. The summed E-state index contributed by atoms with van der Waals surface area (Å²) in [5.41, 5.74) is 6.76. The van der Waals surface area contributed by atoms with Crippen LogP contribution in [0.3, 0.4) is 0 Å². The maximum absolute atomic E-state index is 12.4. The molecule has 0 aliphatic heterocycles. The number of aryl methyl sites for hydroxylation is 4. The normalized spacial score (nSPS) is 10.5. The van der Waals surface area contributed by atoms with E-state index in [4.69, 9.17) is 0 Å². The lowest BCUT2D eigenvalue weighted by molar-refractivity contribution is 0.102. The molecule has 0 spiro atoms. The summed E-state index contributed by atoms with van der Waals surface area (Å²) in [5.74, 6) is 0.228. The van der Waals surface area contributed by atoms with Crippen molar-refractivity contribution in [2.45, 2.75) is 27.7 Å². The molecular weight excluding hydrogens is 324 g/mol. The largest absolute Gasteiger partial charge is 0.324 e. The topological polar surface area (TPSA) is 66.9 Å². The molecule has 1 aromatic heterocycles. The Kier molecular flexibility index (Phi) is 4.98. The van der Waals surface area contributed by atoms with Crippen molar-refractivity contribution in [1.29, 1.82) is 0 Å². The molecule has 0 atom stereocenters. The second-order valence-corrected chi connectivity index (χ2v) is 6.49. The average molecular weight is 346 g/mol. The molecule has 0 fully saturated rings. The van der Waals surface area contributed by atoms with Gasteiger partial charge >= 0.3 is 0 Å². The number of amides is 1. The summed E-state index contributed by atoms with van der Waals surface area (Å²) >= 11 is 0.